The molecule has 34 heavy (non-hydrogen) atoms. The van der Waals surface area contributed by atoms with Crippen molar-refractivity contribution in [1.82, 2.24) is 30.8 Å². The Morgan fingerprint density at radius 2 is 1.76 bits per heavy atom. The van der Waals surface area contributed by atoms with Crippen LogP contribution in [0.5, 0.6) is 0 Å². The van der Waals surface area contributed by atoms with Crippen molar-refractivity contribution in [2.24, 2.45) is 0 Å². The first-order valence-corrected chi connectivity index (χ1v) is 10.7. The van der Waals surface area contributed by atoms with E-state index < -0.39 is 0 Å². The summed E-state index contributed by atoms with van der Waals surface area (Å²) < 4.78 is 5.56. The predicted molar refractivity (Wildman–Crippen MR) is 126 cm³/mol. The number of carbonyl (C=O) groups is 1. The van der Waals surface area contributed by atoms with Gasteiger partial charge in [-0.15, -0.1) is 15.3 Å². The third-order valence-electron chi connectivity index (χ3n) is 5.41. The average molecular weight is 451 g/mol. The highest BCUT2D eigenvalue weighted by Crippen LogP contribution is 2.29. The van der Waals surface area contributed by atoms with E-state index in [9.17, 15) is 4.79 Å². The van der Waals surface area contributed by atoms with Crippen molar-refractivity contribution in [1.29, 1.82) is 0 Å². The molecule has 2 N–H and O–H groups in total. The van der Waals surface area contributed by atoms with Crippen molar-refractivity contribution in [2.75, 3.05) is 5.32 Å². The number of aromatic nitrogens is 6. The van der Waals surface area contributed by atoms with Crippen molar-refractivity contribution in [2.45, 2.75) is 20.3 Å². The lowest BCUT2D eigenvalue weighted by atomic mass is 9.97. The van der Waals surface area contributed by atoms with Gasteiger partial charge in [-0.05, 0) is 76.0 Å². The number of tetrazole rings is 1. The summed E-state index contributed by atoms with van der Waals surface area (Å²) >= 11 is 0. The van der Waals surface area contributed by atoms with Crippen LogP contribution < -0.4 is 5.32 Å². The van der Waals surface area contributed by atoms with E-state index in [4.69, 9.17) is 4.42 Å². The lowest BCUT2D eigenvalue weighted by molar-refractivity contribution is 0.102. The number of hydrogen-bond donors (Lipinski definition) is 2. The molecule has 0 saturated carbocycles. The van der Waals surface area contributed by atoms with Crippen molar-refractivity contribution < 1.29 is 9.21 Å². The molecule has 0 unspecified atom stereocenters. The first-order valence-electron chi connectivity index (χ1n) is 10.7. The van der Waals surface area contributed by atoms with Crippen LogP contribution in [0.3, 0.4) is 0 Å². The molecule has 0 radical (unpaired) electrons. The zero-order valence-electron chi connectivity index (χ0n) is 18.6. The van der Waals surface area contributed by atoms with Gasteiger partial charge in [-0.1, -0.05) is 30.3 Å². The molecule has 1 amide bonds. The van der Waals surface area contributed by atoms with Crippen LogP contribution in [0.15, 0.2) is 71.1 Å². The molecule has 5 aromatic rings. The minimum atomic E-state index is -0.183. The molecule has 0 aliphatic rings. The number of hydrogen-bond acceptors (Lipinski definition) is 7. The number of nitrogens with zero attached hydrogens (tertiary/aromatic N) is 5. The van der Waals surface area contributed by atoms with Gasteiger partial charge >= 0.3 is 0 Å². The smallest absolute Gasteiger partial charge is 0.255 e. The highest BCUT2D eigenvalue weighted by atomic mass is 16.4. The number of nitrogens with one attached hydrogen (secondary N) is 2. The van der Waals surface area contributed by atoms with E-state index >= 15 is 0 Å². The van der Waals surface area contributed by atoms with Crippen LogP contribution in [0.4, 0.5) is 5.69 Å². The fraction of sp³-hybridized carbons (Fsp3) is 0.120. The standard InChI is InChI=1S/C25H21N7O2/c1-15-6-7-20(25-30-27-16(2)34-25)14-22(15)18-8-10-19(11-9-18)24(33)26-21-5-3-4-17(12-21)13-23-28-31-32-29-23/h3-12,14H,13H2,1-2H3,(H,26,33)(H,28,29,31,32). The quantitative estimate of drug-likeness (QED) is 0.393. The maximum Gasteiger partial charge on any atom is 0.255 e. The minimum absolute atomic E-state index is 0.183. The van der Waals surface area contributed by atoms with E-state index in [1.54, 1.807) is 6.92 Å². The second-order valence-electron chi connectivity index (χ2n) is 7.91. The highest BCUT2D eigenvalue weighted by molar-refractivity contribution is 6.04. The zero-order chi connectivity index (χ0) is 23.5. The van der Waals surface area contributed by atoms with Gasteiger partial charge in [0.2, 0.25) is 11.8 Å². The number of aromatic amines is 1. The van der Waals surface area contributed by atoms with E-state index in [1.165, 1.54) is 0 Å². The Morgan fingerprint density at radius 3 is 2.50 bits per heavy atom. The van der Waals surface area contributed by atoms with Crippen LogP contribution in [-0.2, 0) is 6.42 Å². The molecule has 0 aliphatic carbocycles. The summed E-state index contributed by atoms with van der Waals surface area (Å²) in [4.78, 5) is 12.8. The Balaban J connectivity index is 1.32. The van der Waals surface area contributed by atoms with Gasteiger partial charge in [0, 0.05) is 30.2 Å². The third kappa shape index (κ3) is 4.58. The molecule has 0 bridgehead atoms. The first kappa shape index (κ1) is 21.2. The second kappa shape index (κ2) is 9.07. The van der Waals surface area contributed by atoms with E-state index in [0.29, 0.717) is 35.3 Å². The third-order valence-corrected chi connectivity index (χ3v) is 5.41. The van der Waals surface area contributed by atoms with Crippen LogP contribution in [-0.4, -0.2) is 36.7 Å². The molecular weight excluding hydrogens is 430 g/mol. The largest absolute Gasteiger partial charge is 0.421 e. The monoisotopic (exact) mass is 451 g/mol. The number of benzene rings is 3. The number of H-pyrrole nitrogens is 1. The van der Waals surface area contributed by atoms with Gasteiger partial charge in [0.05, 0.1) is 0 Å². The molecule has 0 atom stereocenters. The van der Waals surface area contributed by atoms with E-state index in [2.05, 4.69) is 36.1 Å². The molecule has 168 valence electrons. The fourth-order valence-corrected chi connectivity index (χ4v) is 3.69. The maximum atomic E-state index is 12.8. The number of anilines is 1. The molecule has 0 fully saturated rings. The number of amides is 1. The Hall–Kier alpha value is -4.66. The number of rotatable bonds is 6. The molecule has 0 spiro atoms. The van der Waals surface area contributed by atoms with Crippen molar-refractivity contribution >= 4 is 11.6 Å². The van der Waals surface area contributed by atoms with Crippen LogP contribution >= 0.6 is 0 Å². The Labute approximate surface area is 195 Å². The Morgan fingerprint density at radius 1 is 0.941 bits per heavy atom. The molecule has 0 aliphatic heterocycles. The molecule has 2 aromatic heterocycles. The van der Waals surface area contributed by atoms with Crippen molar-refractivity contribution in [3.8, 4) is 22.6 Å². The normalized spacial score (nSPS) is 10.9. The highest BCUT2D eigenvalue weighted by Gasteiger charge is 2.12. The molecule has 2 heterocycles. The maximum absolute atomic E-state index is 12.8. The Bertz CT molecular complexity index is 1440. The van der Waals surface area contributed by atoms with Gasteiger partial charge in [0.1, 0.15) is 0 Å². The summed E-state index contributed by atoms with van der Waals surface area (Å²) in [5.41, 5.74) is 6.25. The minimum Gasteiger partial charge on any atom is -0.421 e. The van der Waals surface area contributed by atoms with Gasteiger partial charge in [0.15, 0.2) is 5.82 Å². The van der Waals surface area contributed by atoms with Crippen LogP contribution in [0.2, 0.25) is 0 Å². The molecule has 9 nitrogen and oxygen atoms in total. The van der Waals surface area contributed by atoms with Crippen LogP contribution in [0.1, 0.15) is 33.2 Å². The summed E-state index contributed by atoms with van der Waals surface area (Å²) in [5.74, 6) is 1.48. The first-order chi connectivity index (χ1) is 16.5. The summed E-state index contributed by atoms with van der Waals surface area (Å²) in [7, 11) is 0. The summed E-state index contributed by atoms with van der Waals surface area (Å²) in [5, 5.41) is 24.8. The average Bonchev–Trinajstić information content (AvgIpc) is 3.51. The van der Waals surface area contributed by atoms with E-state index in [-0.39, 0.29) is 5.91 Å². The van der Waals surface area contributed by atoms with Gasteiger partial charge in [-0.2, -0.15) is 0 Å². The lowest BCUT2D eigenvalue weighted by Gasteiger charge is -2.10. The number of carbonyl (C=O) groups excluding carboxylic acids is 1. The predicted octanol–water partition coefficient (Wildman–Crippen LogP) is 4.38. The lowest BCUT2D eigenvalue weighted by Crippen LogP contribution is -2.12. The van der Waals surface area contributed by atoms with Gasteiger partial charge in [-0.25, -0.2) is 5.10 Å². The zero-order valence-corrected chi connectivity index (χ0v) is 18.6. The van der Waals surface area contributed by atoms with Crippen molar-refractivity contribution in [3.63, 3.8) is 0 Å². The Kier molecular flexibility index (Phi) is 5.65. The molecule has 5 rings (SSSR count). The SMILES string of the molecule is Cc1nnc(-c2ccc(C)c(-c3ccc(C(=O)Nc4cccc(Cc5nnn[nH]5)c4)cc3)c2)o1. The van der Waals surface area contributed by atoms with Crippen LogP contribution in [0.25, 0.3) is 22.6 Å². The molecule has 9 heteroatoms. The van der Waals surface area contributed by atoms with E-state index in [1.807, 2.05) is 73.7 Å². The summed E-state index contributed by atoms with van der Waals surface area (Å²) in [6, 6.07) is 21.1. The van der Waals surface area contributed by atoms with Gasteiger partial charge in [0.25, 0.3) is 5.91 Å². The summed E-state index contributed by atoms with van der Waals surface area (Å²) in [6.45, 7) is 3.81. The van der Waals surface area contributed by atoms with Gasteiger partial charge in [-0.3, -0.25) is 4.79 Å². The van der Waals surface area contributed by atoms with E-state index in [0.717, 1.165) is 27.8 Å². The second-order valence-corrected chi connectivity index (χ2v) is 7.91. The molecule has 0 saturated heterocycles. The van der Waals surface area contributed by atoms with Gasteiger partial charge < -0.3 is 9.73 Å². The molecular formula is C25H21N7O2. The number of aryl methyl sites for hydroxylation is 2. The fourth-order valence-electron chi connectivity index (χ4n) is 3.69. The van der Waals surface area contributed by atoms with Crippen molar-refractivity contribution in [3.05, 3.63) is 95.1 Å². The molecule has 3 aromatic carbocycles. The van der Waals surface area contributed by atoms with Crippen LogP contribution in [0, 0.1) is 13.8 Å². The summed E-state index contributed by atoms with van der Waals surface area (Å²) in [6.07, 6.45) is 0.549. The topological polar surface area (TPSA) is 122 Å².